The van der Waals surface area contributed by atoms with Crippen LogP contribution in [0.4, 0.5) is 0 Å². The van der Waals surface area contributed by atoms with Crippen LogP contribution in [0.1, 0.15) is 18.4 Å². The second kappa shape index (κ2) is 4.72. The van der Waals surface area contributed by atoms with Crippen LogP contribution in [0.25, 0.3) is 11.1 Å². The van der Waals surface area contributed by atoms with E-state index in [1.54, 1.807) is 0 Å². The maximum absolute atomic E-state index is 3.53. The van der Waals surface area contributed by atoms with Gasteiger partial charge in [0.1, 0.15) is 0 Å². The lowest BCUT2D eigenvalue weighted by Crippen LogP contribution is -2.14. The van der Waals surface area contributed by atoms with E-state index in [0.29, 0.717) is 0 Å². The molecule has 1 saturated carbocycles. The molecular formula is C16H16N. The first-order chi connectivity index (χ1) is 8.42. The summed E-state index contributed by atoms with van der Waals surface area (Å²) in [5.41, 5.74) is 3.89. The van der Waals surface area contributed by atoms with Crippen molar-refractivity contribution in [3.8, 4) is 11.1 Å². The minimum absolute atomic E-state index is 0.777. The molecule has 0 aromatic heterocycles. The number of rotatable bonds is 4. The third-order valence-corrected chi connectivity index (χ3v) is 3.18. The summed E-state index contributed by atoms with van der Waals surface area (Å²) < 4.78 is 0. The molecule has 1 N–H and O–H groups in total. The molecule has 1 aliphatic carbocycles. The fraction of sp³-hybridized carbons (Fsp3) is 0.250. The van der Waals surface area contributed by atoms with Crippen molar-refractivity contribution in [2.24, 2.45) is 0 Å². The molecule has 85 valence electrons. The van der Waals surface area contributed by atoms with Crippen LogP contribution in [0.2, 0.25) is 0 Å². The molecule has 0 saturated heterocycles. The van der Waals surface area contributed by atoms with Crippen LogP contribution in [0, 0.1) is 6.07 Å². The Kier molecular flexibility index (Phi) is 2.93. The topological polar surface area (TPSA) is 12.0 Å². The maximum atomic E-state index is 3.53. The van der Waals surface area contributed by atoms with E-state index in [-0.39, 0.29) is 0 Å². The molecule has 1 heteroatoms. The van der Waals surface area contributed by atoms with Crippen molar-refractivity contribution in [3.05, 3.63) is 60.2 Å². The summed E-state index contributed by atoms with van der Waals surface area (Å²) in [4.78, 5) is 0. The Morgan fingerprint density at radius 3 is 2.24 bits per heavy atom. The summed E-state index contributed by atoms with van der Waals surface area (Å²) >= 11 is 0. The molecule has 2 aromatic carbocycles. The highest BCUT2D eigenvalue weighted by Gasteiger charge is 2.19. The predicted octanol–water partition coefficient (Wildman–Crippen LogP) is 3.41. The van der Waals surface area contributed by atoms with Crippen molar-refractivity contribution < 1.29 is 0 Å². The molecule has 0 heterocycles. The van der Waals surface area contributed by atoms with Crippen LogP contribution in [0.15, 0.2) is 48.5 Å². The molecule has 0 unspecified atom stereocenters. The van der Waals surface area contributed by atoms with E-state index in [9.17, 15) is 0 Å². The third-order valence-electron chi connectivity index (χ3n) is 3.18. The zero-order chi connectivity index (χ0) is 11.5. The van der Waals surface area contributed by atoms with Crippen LogP contribution in [0.5, 0.6) is 0 Å². The van der Waals surface area contributed by atoms with Gasteiger partial charge in [-0.25, -0.2) is 0 Å². The second-order valence-electron chi connectivity index (χ2n) is 4.64. The van der Waals surface area contributed by atoms with Gasteiger partial charge in [0.05, 0.1) is 0 Å². The van der Waals surface area contributed by atoms with Gasteiger partial charge in [-0.3, -0.25) is 0 Å². The molecule has 2 aromatic rings. The minimum Gasteiger partial charge on any atom is -0.310 e. The van der Waals surface area contributed by atoms with Gasteiger partial charge in [-0.15, -0.1) is 0 Å². The average Bonchev–Trinajstić information content (AvgIpc) is 3.22. The van der Waals surface area contributed by atoms with E-state index < -0.39 is 0 Å². The van der Waals surface area contributed by atoms with Crippen molar-refractivity contribution in [2.75, 3.05) is 0 Å². The molecular weight excluding hydrogens is 206 g/mol. The molecule has 0 spiro atoms. The summed E-state index contributed by atoms with van der Waals surface area (Å²) in [6.45, 7) is 0.994. The van der Waals surface area contributed by atoms with E-state index in [0.717, 1.165) is 12.6 Å². The van der Waals surface area contributed by atoms with Gasteiger partial charge < -0.3 is 5.32 Å². The van der Waals surface area contributed by atoms with Crippen molar-refractivity contribution in [3.63, 3.8) is 0 Å². The quantitative estimate of drug-likeness (QED) is 0.836. The summed E-state index contributed by atoms with van der Waals surface area (Å²) in [6, 6.07) is 20.7. The van der Waals surface area contributed by atoms with Gasteiger partial charge >= 0.3 is 0 Å². The van der Waals surface area contributed by atoms with Crippen molar-refractivity contribution >= 4 is 0 Å². The fourth-order valence-electron chi connectivity index (χ4n) is 1.94. The highest BCUT2D eigenvalue weighted by atomic mass is 14.9. The molecule has 1 aliphatic rings. The van der Waals surface area contributed by atoms with Crippen molar-refractivity contribution in [1.82, 2.24) is 5.32 Å². The normalized spacial score (nSPS) is 14.8. The van der Waals surface area contributed by atoms with Gasteiger partial charge in [-0.2, -0.15) is 0 Å². The average molecular weight is 222 g/mol. The Morgan fingerprint density at radius 2 is 1.59 bits per heavy atom. The first-order valence-corrected chi connectivity index (χ1v) is 6.21. The molecule has 0 amide bonds. The Bertz CT molecular complexity index is 469. The van der Waals surface area contributed by atoms with Gasteiger partial charge in [0.25, 0.3) is 0 Å². The van der Waals surface area contributed by atoms with E-state index in [1.807, 2.05) is 12.1 Å². The monoisotopic (exact) mass is 222 g/mol. The van der Waals surface area contributed by atoms with Gasteiger partial charge in [-0.05, 0) is 35.6 Å². The van der Waals surface area contributed by atoms with Gasteiger partial charge in [-0.1, -0.05) is 48.5 Å². The molecule has 3 rings (SSSR count). The summed E-state index contributed by atoms with van der Waals surface area (Å²) in [5.74, 6) is 0. The van der Waals surface area contributed by atoms with Crippen LogP contribution >= 0.6 is 0 Å². The van der Waals surface area contributed by atoms with Gasteiger partial charge in [0, 0.05) is 12.6 Å². The molecule has 0 atom stereocenters. The first kappa shape index (κ1) is 10.5. The molecule has 1 fully saturated rings. The van der Waals surface area contributed by atoms with Crippen LogP contribution in [0.3, 0.4) is 0 Å². The second-order valence-corrected chi connectivity index (χ2v) is 4.64. The number of hydrogen-bond donors (Lipinski definition) is 1. The van der Waals surface area contributed by atoms with Crippen LogP contribution < -0.4 is 5.32 Å². The molecule has 0 bridgehead atoms. The van der Waals surface area contributed by atoms with Crippen molar-refractivity contribution in [1.29, 1.82) is 0 Å². The Labute approximate surface area is 102 Å². The Balaban J connectivity index is 1.70. The SMILES string of the molecule is [c]1ccc(-c2ccc(CNC3CC3)cc2)cc1. The molecule has 1 radical (unpaired) electrons. The summed E-state index contributed by atoms with van der Waals surface area (Å²) in [6.07, 6.45) is 2.69. The highest BCUT2D eigenvalue weighted by Crippen LogP contribution is 2.21. The number of hydrogen-bond acceptors (Lipinski definition) is 1. The smallest absolute Gasteiger partial charge is 0.0208 e. The van der Waals surface area contributed by atoms with E-state index in [4.69, 9.17) is 0 Å². The van der Waals surface area contributed by atoms with Crippen molar-refractivity contribution in [2.45, 2.75) is 25.4 Å². The third kappa shape index (κ3) is 2.75. The zero-order valence-electron chi connectivity index (χ0n) is 9.82. The summed E-state index contributed by atoms with van der Waals surface area (Å²) in [7, 11) is 0. The maximum Gasteiger partial charge on any atom is 0.0208 e. The Hall–Kier alpha value is -1.60. The highest BCUT2D eigenvalue weighted by molar-refractivity contribution is 5.63. The van der Waals surface area contributed by atoms with E-state index in [1.165, 1.54) is 29.5 Å². The van der Waals surface area contributed by atoms with Crippen LogP contribution in [-0.2, 0) is 6.54 Å². The Morgan fingerprint density at radius 1 is 0.941 bits per heavy atom. The van der Waals surface area contributed by atoms with Gasteiger partial charge in [0.2, 0.25) is 0 Å². The minimum atomic E-state index is 0.777. The molecule has 1 nitrogen and oxygen atoms in total. The first-order valence-electron chi connectivity index (χ1n) is 6.21. The molecule has 0 aliphatic heterocycles. The number of nitrogens with one attached hydrogen (secondary N) is 1. The van der Waals surface area contributed by atoms with Crippen LogP contribution in [-0.4, -0.2) is 6.04 Å². The largest absolute Gasteiger partial charge is 0.310 e. The number of benzene rings is 2. The standard InChI is InChI=1S/C16H16N/c1-2-4-14(5-3-1)15-8-6-13(7-9-15)12-17-16-10-11-16/h2-9,16-17H,10-12H2. The zero-order valence-corrected chi connectivity index (χ0v) is 9.82. The predicted molar refractivity (Wildman–Crippen MR) is 70.6 cm³/mol. The van der Waals surface area contributed by atoms with Gasteiger partial charge in [0.15, 0.2) is 0 Å². The fourth-order valence-corrected chi connectivity index (χ4v) is 1.94. The lowest BCUT2D eigenvalue weighted by Gasteiger charge is -2.05. The lowest BCUT2D eigenvalue weighted by molar-refractivity contribution is 0.688. The van der Waals surface area contributed by atoms with E-state index >= 15 is 0 Å². The molecule has 17 heavy (non-hydrogen) atoms. The summed E-state index contributed by atoms with van der Waals surface area (Å²) in [5, 5.41) is 3.53. The lowest BCUT2D eigenvalue weighted by atomic mass is 10.0. The van der Waals surface area contributed by atoms with E-state index in [2.05, 4.69) is 47.8 Å².